The third kappa shape index (κ3) is 4.50. The molecular weight excluding hydrogens is 308 g/mol. The van der Waals surface area contributed by atoms with Gasteiger partial charge in [-0.2, -0.15) is 0 Å². The van der Waals surface area contributed by atoms with E-state index in [2.05, 4.69) is 78.2 Å². The predicted molar refractivity (Wildman–Crippen MR) is 106 cm³/mol. The van der Waals surface area contributed by atoms with Gasteiger partial charge in [-0.25, -0.2) is 9.97 Å². The van der Waals surface area contributed by atoms with Crippen molar-refractivity contribution in [3.05, 3.63) is 41.7 Å². The summed E-state index contributed by atoms with van der Waals surface area (Å²) in [6.07, 6.45) is 2.55. The molecule has 1 aliphatic rings. The highest BCUT2D eigenvalue weighted by molar-refractivity contribution is 5.60. The number of hydrogen-bond acceptors (Lipinski definition) is 4. The number of benzene rings is 1. The van der Waals surface area contributed by atoms with Crippen LogP contribution in [0.1, 0.15) is 51.9 Å². The molecule has 2 aromatic rings. The molecule has 0 aliphatic carbocycles. The monoisotopic (exact) mass is 338 g/mol. The van der Waals surface area contributed by atoms with Crippen molar-refractivity contribution in [3.8, 4) is 0 Å². The van der Waals surface area contributed by atoms with Gasteiger partial charge < -0.3 is 10.2 Å². The van der Waals surface area contributed by atoms with Crippen molar-refractivity contribution in [1.29, 1.82) is 0 Å². The minimum atomic E-state index is 0.169. The SMILES string of the molecule is Cc1nc(Nc2ccc(C(C)(C)C)cc2)cc(N2CCCC(C)C2)n1. The van der Waals surface area contributed by atoms with Crippen LogP contribution in [-0.2, 0) is 5.41 Å². The van der Waals surface area contributed by atoms with Crippen LogP contribution in [0.3, 0.4) is 0 Å². The summed E-state index contributed by atoms with van der Waals surface area (Å²) < 4.78 is 0. The lowest BCUT2D eigenvalue weighted by atomic mass is 9.87. The molecule has 1 aromatic carbocycles. The molecule has 1 N–H and O–H groups in total. The second-order valence-electron chi connectivity index (χ2n) is 8.30. The summed E-state index contributed by atoms with van der Waals surface area (Å²) in [5, 5.41) is 3.44. The summed E-state index contributed by atoms with van der Waals surface area (Å²) in [7, 11) is 0. The van der Waals surface area contributed by atoms with E-state index in [9.17, 15) is 0 Å². The Hall–Kier alpha value is -2.10. The number of rotatable bonds is 3. The lowest BCUT2D eigenvalue weighted by Crippen LogP contribution is -2.35. The first-order chi connectivity index (χ1) is 11.8. The second-order valence-corrected chi connectivity index (χ2v) is 8.30. The molecule has 25 heavy (non-hydrogen) atoms. The van der Waals surface area contributed by atoms with Gasteiger partial charge in [-0.3, -0.25) is 0 Å². The van der Waals surface area contributed by atoms with Crippen molar-refractivity contribution >= 4 is 17.3 Å². The van der Waals surface area contributed by atoms with Gasteiger partial charge in [-0.1, -0.05) is 39.8 Å². The maximum atomic E-state index is 4.65. The van der Waals surface area contributed by atoms with Crippen LogP contribution < -0.4 is 10.2 Å². The molecule has 0 amide bonds. The van der Waals surface area contributed by atoms with E-state index in [0.717, 1.165) is 42.2 Å². The second kappa shape index (κ2) is 7.03. The summed E-state index contributed by atoms with van der Waals surface area (Å²) in [5.41, 5.74) is 2.56. The molecule has 1 aliphatic heterocycles. The predicted octanol–water partition coefficient (Wildman–Crippen LogP) is 5.06. The Morgan fingerprint density at radius 2 is 1.84 bits per heavy atom. The molecule has 1 saturated heterocycles. The molecule has 3 rings (SSSR count). The molecule has 1 fully saturated rings. The Morgan fingerprint density at radius 3 is 2.48 bits per heavy atom. The number of nitrogens with zero attached hydrogens (tertiary/aromatic N) is 3. The summed E-state index contributed by atoms with van der Waals surface area (Å²) in [4.78, 5) is 11.6. The van der Waals surface area contributed by atoms with Crippen LogP contribution in [-0.4, -0.2) is 23.1 Å². The van der Waals surface area contributed by atoms with Crippen molar-refractivity contribution < 1.29 is 0 Å². The molecule has 1 atom stereocenters. The lowest BCUT2D eigenvalue weighted by molar-refractivity contribution is 0.444. The molecule has 4 heteroatoms. The van der Waals surface area contributed by atoms with Gasteiger partial charge in [0.1, 0.15) is 17.5 Å². The third-order valence-corrected chi connectivity index (χ3v) is 4.83. The quantitative estimate of drug-likeness (QED) is 0.849. The zero-order valence-corrected chi connectivity index (χ0v) is 16.1. The topological polar surface area (TPSA) is 41.1 Å². The fraction of sp³-hybridized carbons (Fsp3) is 0.524. The van der Waals surface area contributed by atoms with Gasteiger partial charge in [0, 0.05) is 24.8 Å². The molecule has 0 bridgehead atoms. The Labute approximate surface area is 151 Å². The van der Waals surface area contributed by atoms with Crippen LogP contribution in [0.15, 0.2) is 30.3 Å². The summed E-state index contributed by atoms with van der Waals surface area (Å²) in [5.74, 6) is 3.44. The molecule has 1 aromatic heterocycles. The minimum absolute atomic E-state index is 0.169. The molecule has 0 spiro atoms. The van der Waals surface area contributed by atoms with E-state index in [-0.39, 0.29) is 5.41 Å². The van der Waals surface area contributed by atoms with Crippen LogP contribution in [0.5, 0.6) is 0 Å². The van der Waals surface area contributed by atoms with Gasteiger partial charge in [0.2, 0.25) is 0 Å². The highest BCUT2D eigenvalue weighted by Crippen LogP contribution is 2.26. The van der Waals surface area contributed by atoms with Crippen LogP contribution in [0.25, 0.3) is 0 Å². The number of anilines is 3. The summed E-state index contributed by atoms with van der Waals surface area (Å²) in [6, 6.07) is 10.7. The molecule has 4 nitrogen and oxygen atoms in total. The first kappa shape index (κ1) is 17.7. The van der Waals surface area contributed by atoms with Gasteiger partial charge in [0.05, 0.1) is 0 Å². The average Bonchev–Trinajstić information content (AvgIpc) is 2.54. The standard InChI is InChI=1S/C21H30N4/c1-15-7-6-12-25(14-15)20-13-19(22-16(2)23-20)24-18-10-8-17(9-11-18)21(3,4)5/h8-11,13,15H,6-7,12,14H2,1-5H3,(H,22,23,24). The van der Waals surface area contributed by atoms with Crippen molar-refractivity contribution in [2.24, 2.45) is 5.92 Å². The van der Waals surface area contributed by atoms with E-state index >= 15 is 0 Å². The highest BCUT2D eigenvalue weighted by atomic mass is 15.2. The van der Waals surface area contributed by atoms with E-state index in [1.807, 2.05) is 6.92 Å². The van der Waals surface area contributed by atoms with Gasteiger partial charge in [-0.15, -0.1) is 0 Å². The molecular formula is C21H30N4. The minimum Gasteiger partial charge on any atom is -0.356 e. The van der Waals surface area contributed by atoms with E-state index in [0.29, 0.717) is 0 Å². The van der Waals surface area contributed by atoms with Crippen LogP contribution in [0, 0.1) is 12.8 Å². The first-order valence-corrected chi connectivity index (χ1v) is 9.29. The Bertz CT molecular complexity index is 716. The molecule has 2 heterocycles. The number of hydrogen-bond donors (Lipinski definition) is 1. The van der Waals surface area contributed by atoms with Crippen LogP contribution in [0.4, 0.5) is 17.3 Å². The molecule has 0 radical (unpaired) electrons. The zero-order chi connectivity index (χ0) is 18.0. The maximum absolute atomic E-state index is 4.65. The van der Waals surface area contributed by atoms with Crippen LogP contribution >= 0.6 is 0 Å². The van der Waals surface area contributed by atoms with E-state index in [1.165, 1.54) is 18.4 Å². The maximum Gasteiger partial charge on any atom is 0.136 e. The van der Waals surface area contributed by atoms with Crippen LogP contribution in [0.2, 0.25) is 0 Å². The van der Waals surface area contributed by atoms with E-state index in [1.54, 1.807) is 0 Å². The first-order valence-electron chi connectivity index (χ1n) is 9.29. The number of nitrogens with one attached hydrogen (secondary N) is 1. The van der Waals surface area contributed by atoms with Gasteiger partial charge in [-0.05, 0) is 48.8 Å². The Kier molecular flexibility index (Phi) is 4.98. The van der Waals surface area contributed by atoms with Gasteiger partial charge in [0.25, 0.3) is 0 Å². The van der Waals surface area contributed by atoms with Crippen molar-refractivity contribution in [2.45, 2.75) is 52.9 Å². The Morgan fingerprint density at radius 1 is 1.12 bits per heavy atom. The fourth-order valence-electron chi connectivity index (χ4n) is 3.38. The molecule has 1 unspecified atom stereocenters. The van der Waals surface area contributed by atoms with Crippen molar-refractivity contribution in [3.63, 3.8) is 0 Å². The van der Waals surface area contributed by atoms with Crippen molar-refractivity contribution in [1.82, 2.24) is 9.97 Å². The van der Waals surface area contributed by atoms with E-state index in [4.69, 9.17) is 0 Å². The Balaban J connectivity index is 1.78. The number of aromatic nitrogens is 2. The number of aryl methyl sites for hydroxylation is 1. The third-order valence-electron chi connectivity index (χ3n) is 4.83. The zero-order valence-electron chi connectivity index (χ0n) is 16.1. The smallest absolute Gasteiger partial charge is 0.136 e. The average molecular weight is 338 g/mol. The fourth-order valence-corrected chi connectivity index (χ4v) is 3.38. The molecule has 0 saturated carbocycles. The van der Waals surface area contributed by atoms with Gasteiger partial charge >= 0.3 is 0 Å². The normalized spacial score (nSPS) is 18.3. The van der Waals surface area contributed by atoms with Gasteiger partial charge in [0.15, 0.2) is 0 Å². The summed E-state index contributed by atoms with van der Waals surface area (Å²) in [6.45, 7) is 13.1. The molecule has 134 valence electrons. The summed E-state index contributed by atoms with van der Waals surface area (Å²) >= 11 is 0. The van der Waals surface area contributed by atoms with Crippen molar-refractivity contribution in [2.75, 3.05) is 23.3 Å². The largest absolute Gasteiger partial charge is 0.356 e. The van der Waals surface area contributed by atoms with E-state index < -0.39 is 0 Å². The number of piperidine rings is 1. The highest BCUT2D eigenvalue weighted by Gasteiger charge is 2.18. The lowest BCUT2D eigenvalue weighted by Gasteiger charge is -2.32.